The fourth-order valence-corrected chi connectivity index (χ4v) is 3.07. The number of carbonyl (C=O) groups is 2. The highest BCUT2D eigenvalue weighted by Gasteiger charge is 2.33. The maximum Gasteiger partial charge on any atom is 0.306 e. The van der Waals surface area contributed by atoms with Crippen molar-refractivity contribution in [3.63, 3.8) is 0 Å². The quantitative estimate of drug-likeness (QED) is 0.900. The van der Waals surface area contributed by atoms with Crippen LogP contribution in [0.3, 0.4) is 0 Å². The number of aryl methyl sites for hydroxylation is 1. The molecule has 20 heavy (non-hydrogen) atoms. The van der Waals surface area contributed by atoms with E-state index in [2.05, 4.69) is 15.9 Å². The maximum atomic E-state index is 12.6. The lowest BCUT2D eigenvalue weighted by atomic mass is 9.91. The molecular weight excluding hydrogens is 322 g/mol. The van der Waals surface area contributed by atoms with Gasteiger partial charge in [-0.2, -0.15) is 0 Å². The van der Waals surface area contributed by atoms with Crippen LogP contribution in [0.25, 0.3) is 0 Å². The summed E-state index contributed by atoms with van der Waals surface area (Å²) in [6, 6.07) is 5.63. The van der Waals surface area contributed by atoms with Gasteiger partial charge >= 0.3 is 5.97 Å². The van der Waals surface area contributed by atoms with Crippen molar-refractivity contribution in [2.75, 3.05) is 6.54 Å². The van der Waals surface area contributed by atoms with Crippen LogP contribution in [-0.4, -0.2) is 34.5 Å². The predicted molar refractivity (Wildman–Crippen MR) is 79.7 cm³/mol. The summed E-state index contributed by atoms with van der Waals surface area (Å²) in [7, 11) is 0. The van der Waals surface area contributed by atoms with Gasteiger partial charge in [0.25, 0.3) is 5.91 Å². The van der Waals surface area contributed by atoms with E-state index < -0.39 is 5.97 Å². The van der Waals surface area contributed by atoms with Crippen molar-refractivity contribution in [2.45, 2.75) is 32.7 Å². The monoisotopic (exact) mass is 339 g/mol. The van der Waals surface area contributed by atoms with E-state index in [0.29, 0.717) is 24.9 Å². The molecule has 4 nitrogen and oxygen atoms in total. The minimum absolute atomic E-state index is 0.0306. The second kappa shape index (κ2) is 5.95. The van der Waals surface area contributed by atoms with Gasteiger partial charge in [-0.15, -0.1) is 0 Å². The first-order valence-electron chi connectivity index (χ1n) is 6.70. The number of amides is 1. The third-order valence-electron chi connectivity index (χ3n) is 3.84. The Hall–Kier alpha value is -1.36. The summed E-state index contributed by atoms with van der Waals surface area (Å²) in [6.45, 7) is 4.36. The molecule has 2 atom stereocenters. The third-order valence-corrected chi connectivity index (χ3v) is 4.53. The number of benzene rings is 1. The Kier molecular flexibility index (Phi) is 4.48. The van der Waals surface area contributed by atoms with Crippen molar-refractivity contribution >= 4 is 27.8 Å². The molecule has 0 aliphatic carbocycles. The van der Waals surface area contributed by atoms with Crippen molar-refractivity contribution in [1.29, 1.82) is 0 Å². The second-order valence-electron chi connectivity index (χ2n) is 5.39. The van der Waals surface area contributed by atoms with Gasteiger partial charge in [0.1, 0.15) is 0 Å². The van der Waals surface area contributed by atoms with Crippen LogP contribution in [0.15, 0.2) is 22.7 Å². The average molecular weight is 340 g/mol. The molecule has 0 spiro atoms. The highest BCUT2D eigenvalue weighted by Crippen LogP contribution is 2.27. The second-order valence-corrected chi connectivity index (χ2v) is 6.24. The van der Waals surface area contributed by atoms with Crippen LogP contribution in [0.1, 0.15) is 35.7 Å². The van der Waals surface area contributed by atoms with Crippen LogP contribution < -0.4 is 0 Å². The van der Waals surface area contributed by atoms with Gasteiger partial charge in [0.2, 0.25) is 0 Å². The molecule has 1 saturated heterocycles. The van der Waals surface area contributed by atoms with E-state index in [9.17, 15) is 9.59 Å². The molecule has 2 unspecified atom stereocenters. The van der Waals surface area contributed by atoms with Crippen LogP contribution >= 0.6 is 15.9 Å². The number of nitrogens with zero attached hydrogens (tertiary/aromatic N) is 1. The van der Waals surface area contributed by atoms with Crippen LogP contribution in [0.2, 0.25) is 0 Å². The molecule has 108 valence electrons. The third kappa shape index (κ3) is 3.03. The Balaban J connectivity index is 2.18. The number of carbonyl (C=O) groups excluding carboxylic acids is 1. The molecule has 1 aliphatic rings. The molecule has 1 aromatic carbocycles. The fourth-order valence-electron chi connectivity index (χ4n) is 2.66. The molecular formula is C15H18BrNO3. The number of hydrogen-bond donors (Lipinski definition) is 1. The van der Waals surface area contributed by atoms with Crippen molar-refractivity contribution in [3.05, 3.63) is 33.8 Å². The number of halogens is 1. The normalized spacial score (nSPS) is 22.6. The minimum Gasteiger partial charge on any atom is -0.481 e. The SMILES string of the molecule is Cc1ccc(Br)c(C(=O)N2CCC(C(=O)O)CC2C)c1. The van der Waals surface area contributed by atoms with E-state index in [4.69, 9.17) is 5.11 Å². The lowest BCUT2D eigenvalue weighted by molar-refractivity contribution is -0.143. The van der Waals surface area contributed by atoms with Crippen molar-refractivity contribution in [3.8, 4) is 0 Å². The number of likely N-dealkylation sites (tertiary alicyclic amines) is 1. The number of rotatable bonds is 2. The summed E-state index contributed by atoms with van der Waals surface area (Å²) in [5.74, 6) is -1.13. The first-order valence-corrected chi connectivity index (χ1v) is 7.49. The van der Waals surface area contributed by atoms with Crippen LogP contribution in [0, 0.1) is 12.8 Å². The Labute approximate surface area is 126 Å². The van der Waals surface area contributed by atoms with E-state index in [1.165, 1.54) is 0 Å². The zero-order chi connectivity index (χ0) is 14.9. The van der Waals surface area contributed by atoms with Gasteiger partial charge in [-0.25, -0.2) is 0 Å². The van der Waals surface area contributed by atoms with E-state index >= 15 is 0 Å². The van der Waals surface area contributed by atoms with Gasteiger partial charge in [-0.3, -0.25) is 9.59 Å². The number of aliphatic carboxylic acids is 1. The summed E-state index contributed by atoms with van der Waals surface area (Å²) in [5.41, 5.74) is 1.68. The molecule has 2 rings (SSSR count). The van der Waals surface area contributed by atoms with Crippen molar-refractivity contribution in [2.24, 2.45) is 5.92 Å². The molecule has 0 saturated carbocycles. The van der Waals surface area contributed by atoms with Crippen molar-refractivity contribution in [1.82, 2.24) is 4.90 Å². The summed E-state index contributed by atoms with van der Waals surface area (Å²) in [4.78, 5) is 25.4. The standard InChI is InChI=1S/C15H18BrNO3/c1-9-3-4-13(16)12(7-9)14(18)17-6-5-11(15(19)20)8-10(17)2/h3-4,7,10-11H,5-6,8H2,1-2H3,(H,19,20). The molecule has 1 heterocycles. The summed E-state index contributed by atoms with van der Waals surface area (Å²) in [5, 5.41) is 9.07. The highest BCUT2D eigenvalue weighted by atomic mass is 79.9. The van der Waals surface area contributed by atoms with E-state index in [-0.39, 0.29) is 17.9 Å². The molecule has 1 aromatic rings. The lowest BCUT2D eigenvalue weighted by Crippen LogP contribution is -2.46. The average Bonchev–Trinajstić information content (AvgIpc) is 2.40. The molecule has 0 radical (unpaired) electrons. The van der Waals surface area contributed by atoms with Gasteiger partial charge in [0.05, 0.1) is 11.5 Å². The molecule has 1 fully saturated rings. The maximum absolute atomic E-state index is 12.6. The van der Waals surface area contributed by atoms with Crippen LogP contribution in [-0.2, 0) is 4.79 Å². The highest BCUT2D eigenvalue weighted by molar-refractivity contribution is 9.10. The predicted octanol–water partition coefficient (Wildman–Crippen LogP) is 3.08. The first-order chi connectivity index (χ1) is 9.40. The minimum atomic E-state index is -0.763. The summed E-state index contributed by atoms with van der Waals surface area (Å²) in [6.07, 6.45) is 1.04. The Bertz CT molecular complexity index is 544. The molecule has 0 bridgehead atoms. The van der Waals surface area contributed by atoms with Crippen molar-refractivity contribution < 1.29 is 14.7 Å². The topological polar surface area (TPSA) is 57.6 Å². The van der Waals surface area contributed by atoms with Gasteiger partial charge in [0.15, 0.2) is 0 Å². The fraction of sp³-hybridized carbons (Fsp3) is 0.467. The number of carboxylic acids is 1. The van der Waals surface area contributed by atoms with E-state index in [1.54, 1.807) is 4.90 Å². The Morgan fingerprint density at radius 2 is 2.10 bits per heavy atom. The number of piperidine rings is 1. The molecule has 1 amide bonds. The summed E-state index contributed by atoms with van der Waals surface area (Å²) < 4.78 is 0.778. The molecule has 1 N–H and O–H groups in total. The van der Waals surface area contributed by atoms with Crippen LogP contribution in [0.5, 0.6) is 0 Å². The Morgan fingerprint density at radius 1 is 1.40 bits per heavy atom. The van der Waals surface area contributed by atoms with Gasteiger partial charge < -0.3 is 10.0 Å². The van der Waals surface area contributed by atoms with Gasteiger partial charge in [0, 0.05) is 17.1 Å². The van der Waals surface area contributed by atoms with Crippen LogP contribution in [0.4, 0.5) is 0 Å². The Morgan fingerprint density at radius 3 is 2.70 bits per heavy atom. The molecule has 0 aromatic heterocycles. The molecule has 1 aliphatic heterocycles. The lowest BCUT2D eigenvalue weighted by Gasteiger charge is -2.36. The summed E-state index contributed by atoms with van der Waals surface area (Å²) >= 11 is 3.41. The van der Waals surface area contributed by atoms with E-state index in [0.717, 1.165) is 10.0 Å². The largest absolute Gasteiger partial charge is 0.481 e. The number of hydrogen-bond acceptors (Lipinski definition) is 2. The van der Waals surface area contributed by atoms with Gasteiger partial charge in [-0.05, 0) is 54.8 Å². The smallest absolute Gasteiger partial charge is 0.306 e. The first kappa shape index (κ1) is 15.0. The molecule has 5 heteroatoms. The zero-order valence-electron chi connectivity index (χ0n) is 11.6. The number of carboxylic acid groups (broad SMARTS) is 1. The van der Waals surface area contributed by atoms with E-state index in [1.807, 2.05) is 32.0 Å². The van der Waals surface area contributed by atoms with Gasteiger partial charge in [-0.1, -0.05) is 11.6 Å². The zero-order valence-corrected chi connectivity index (χ0v) is 13.2.